The molecule has 0 radical (unpaired) electrons. The monoisotopic (exact) mass is 989 g/mol. The molecular weight excluding hydrogens is 931 g/mol. The molecule has 23 heteroatoms. The second-order valence-corrected chi connectivity index (χ2v) is 17.8. The number of nitrogens with one attached hydrogen (secondary N) is 4. The molecule has 3 unspecified atom stereocenters. The van der Waals surface area contributed by atoms with Crippen LogP contribution in [-0.4, -0.2) is 193 Å². The first-order valence-electron chi connectivity index (χ1n) is 23.5. The van der Waals surface area contributed by atoms with Gasteiger partial charge in [0.05, 0.1) is 55.7 Å². The number of phenols is 2. The van der Waals surface area contributed by atoms with Crippen LogP contribution in [0.1, 0.15) is 75.6 Å². The molecule has 6 aliphatic rings. The Morgan fingerprint density at radius 3 is 2.23 bits per heavy atom. The predicted octanol–water partition coefficient (Wildman–Crippen LogP) is -1.80. The van der Waals surface area contributed by atoms with Gasteiger partial charge in [0, 0.05) is 100 Å². The summed E-state index contributed by atoms with van der Waals surface area (Å²) in [5, 5.41) is 42.6. The van der Waals surface area contributed by atoms with Crippen LogP contribution < -0.4 is 26.0 Å². The van der Waals surface area contributed by atoms with Crippen molar-refractivity contribution in [2.75, 3.05) is 79.8 Å². The number of aliphatic hydroxyl groups is 1. The summed E-state index contributed by atoms with van der Waals surface area (Å²) in [6.07, 6.45) is 2.94. The van der Waals surface area contributed by atoms with Gasteiger partial charge in [-0.05, 0) is 45.1 Å². The summed E-state index contributed by atoms with van der Waals surface area (Å²) in [7, 11) is 3.01. The lowest BCUT2D eigenvalue weighted by molar-refractivity contribution is -0.190. The number of nitrogens with zero attached hydrogens (tertiary/aromatic N) is 3. The molecule has 2 aliphatic carbocycles. The number of carbonyl (C=O) groups is 9. The van der Waals surface area contributed by atoms with Gasteiger partial charge in [0.1, 0.15) is 23.3 Å². The molecule has 7 amide bonds. The van der Waals surface area contributed by atoms with Crippen LogP contribution in [0, 0.1) is 5.92 Å². The number of morpholine rings is 1. The molecule has 3 saturated heterocycles. The van der Waals surface area contributed by atoms with Crippen LogP contribution in [0.2, 0.25) is 0 Å². The topological polar surface area (TPSA) is 309 Å². The predicted molar refractivity (Wildman–Crippen MR) is 246 cm³/mol. The number of benzene rings is 2. The SMILES string of the molecule is COC1CN(C2CCO[C@@H](C)[C@H]2O)CCO1.COc1cccc2c1C(=O)c1c(O)c3c(c(O)c1C2=O)C[C@@H](C(=O)NCCN1CCC(NC(=O)CNC(=O)CNC(=O)CCN2C(=O)C=CC2=O)C1=O)CC3. The minimum atomic E-state index is -0.843. The van der Waals surface area contributed by atoms with E-state index in [0.717, 1.165) is 43.2 Å². The molecule has 23 nitrogen and oxygen atoms in total. The van der Waals surface area contributed by atoms with Gasteiger partial charge in [0.15, 0.2) is 12.1 Å². The van der Waals surface area contributed by atoms with E-state index in [-0.39, 0.29) is 109 Å². The second kappa shape index (κ2) is 23.0. The lowest BCUT2D eigenvalue weighted by Gasteiger charge is -2.43. The van der Waals surface area contributed by atoms with Crippen LogP contribution in [0.4, 0.5) is 0 Å². The Hall–Kier alpha value is -6.79. The number of likely N-dealkylation sites (tertiary alicyclic amines) is 1. The van der Waals surface area contributed by atoms with E-state index >= 15 is 0 Å². The quantitative estimate of drug-likeness (QED) is 0.0653. The highest BCUT2D eigenvalue weighted by Gasteiger charge is 2.42. The van der Waals surface area contributed by atoms with E-state index < -0.39 is 83.8 Å². The fourth-order valence-electron chi connectivity index (χ4n) is 9.64. The van der Waals surface area contributed by atoms with Gasteiger partial charge in [-0.15, -0.1) is 0 Å². The van der Waals surface area contributed by atoms with Gasteiger partial charge < -0.3 is 60.4 Å². The zero-order valence-electron chi connectivity index (χ0n) is 39.7. The highest BCUT2D eigenvalue weighted by molar-refractivity contribution is 6.31. The average molecular weight is 990 g/mol. The van der Waals surface area contributed by atoms with Crippen LogP contribution in [-0.2, 0) is 60.6 Å². The van der Waals surface area contributed by atoms with Crippen molar-refractivity contribution in [1.29, 1.82) is 0 Å². The molecule has 6 atom stereocenters. The third kappa shape index (κ3) is 11.5. The zero-order chi connectivity index (χ0) is 51.1. The average Bonchev–Trinajstić information content (AvgIpc) is 3.89. The first-order chi connectivity index (χ1) is 34.0. The molecule has 7 N–H and O–H groups in total. The number of ether oxygens (including phenoxy) is 4. The normalized spacial score (nSPS) is 23.8. The summed E-state index contributed by atoms with van der Waals surface area (Å²) >= 11 is 0. The summed E-state index contributed by atoms with van der Waals surface area (Å²) in [4.78, 5) is 117. The van der Waals surface area contributed by atoms with Crippen molar-refractivity contribution in [3.63, 3.8) is 0 Å². The Labute approximate surface area is 408 Å². The molecule has 0 spiro atoms. The van der Waals surface area contributed by atoms with Gasteiger partial charge in [-0.25, -0.2) is 0 Å². The lowest BCUT2D eigenvalue weighted by Crippen LogP contribution is -2.57. The van der Waals surface area contributed by atoms with Crippen LogP contribution in [0.3, 0.4) is 0 Å². The van der Waals surface area contributed by atoms with Gasteiger partial charge >= 0.3 is 0 Å². The minimum absolute atomic E-state index is 0.000916. The van der Waals surface area contributed by atoms with Crippen LogP contribution in [0.5, 0.6) is 17.2 Å². The Bertz CT molecular complexity index is 2480. The second-order valence-electron chi connectivity index (χ2n) is 17.8. The molecule has 4 aliphatic heterocycles. The third-order valence-electron chi connectivity index (χ3n) is 13.5. The van der Waals surface area contributed by atoms with E-state index in [1.165, 1.54) is 24.1 Å². The lowest BCUT2D eigenvalue weighted by atomic mass is 9.75. The van der Waals surface area contributed by atoms with Gasteiger partial charge in [-0.1, -0.05) is 12.1 Å². The summed E-state index contributed by atoms with van der Waals surface area (Å²) < 4.78 is 21.3. The summed E-state index contributed by atoms with van der Waals surface area (Å²) in [5.74, 6) is -6.29. The summed E-state index contributed by atoms with van der Waals surface area (Å²) in [5.41, 5.74) is -0.0600. The molecular formula is C48H59N7O16. The molecule has 71 heavy (non-hydrogen) atoms. The van der Waals surface area contributed by atoms with Gasteiger partial charge in [-0.2, -0.15) is 0 Å². The first kappa shape index (κ1) is 52.0. The first-order valence-corrected chi connectivity index (χ1v) is 23.5. The Balaban J connectivity index is 0.000000391. The number of aromatic hydroxyl groups is 2. The van der Waals surface area contributed by atoms with Crippen LogP contribution in [0.25, 0.3) is 0 Å². The Morgan fingerprint density at radius 2 is 1.49 bits per heavy atom. The highest BCUT2D eigenvalue weighted by Crippen LogP contribution is 2.47. The van der Waals surface area contributed by atoms with Gasteiger partial charge in [0.2, 0.25) is 35.3 Å². The van der Waals surface area contributed by atoms with E-state index in [0.29, 0.717) is 25.1 Å². The number of ketones is 2. The summed E-state index contributed by atoms with van der Waals surface area (Å²) in [6.45, 7) is 4.38. The van der Waals surface area contributed by atoms with E-state index in [2.05, 4.69) is 26.2 Å². The Morgan fingerprint density at radius 1 is 0.789 bits per heavy atom. The number of imide groups is 1. The van der Waals surface area contributed by atoms with Crippen molar-refractivity contribution in [3.05, 3.63) is 63.7 Å². The standard InChI is InChI=1S/C37H38N6O12.C11H21NO4/c1-55-23-4-2-3-20-29(23)35(52)31-30(33(20)50)34(51)21-15-18(5-6-19(21)32(31)49)36(53)38-11-14-42-12-9-22(37(42)54)41-26(46)17-40-25(45)16-39-24(44)10-13-43-27(47)7-8-28(43)48;1-8-11(13)9(3-5-15-8)12-4-6-16-10(7-12)14-2/h2-4,7-8,18,22,49,51H,5-6,9-17H2,1H3,(H,38,53)(H,39,44)(H,40,45)(H,41,46);8-11,13H,3-7H2,1-2H3/t18-,22?;8-,9?,10?,11+/m00/s1. The number of amides is 7. The molecule has 3 fully saturated rings. The molecule has 8 rings (SSSR count). The molecule has 0 bridgehead atoms. The number of methoxy groups -OCH3 is 2. The van der Waals surface area contributed by atoms with Crippen molar-refractivity contribution in [2.45, 2.75) is 76.0 Å². The number of fused-ring (bicyclic) bond motifs is 3. The van der Waals surface area contributed by atoms with E-state index in [1.54, 1.807) is 13.2 Å². The zero-order valence-corrected chi connectivity index (χ0v) is 39.7. The van der Waals surface area contributed by atoms with Gasteiger partial charge in [-0.3, -0.25) is 53.0 Å². The molecule has 2 aromatic rings. The fraction of sp³-hybridized carbons (Fsp3) is 0.521. The van der Waals surface area contributed by atoms with Crippen molar-refractivity contribution >= 4 is 52.9 Å². The maximum Gasteiger partial charge on any atom is 0.253 e. The maximum absolute atomic E-state index is 13.5. The maximum atomic E-state index is 13.5. The van der Waals surface area contributed by atoms with Crippen molar-refractivity contribution in [2.24, 2.45) is 5.92 Å². The summed E-state index contributed by atoms with van der Waals surface area (Å²) in [6, 6.07) is 3.84. The largest absolute Gasteiger partial charge is 0.507 e. The van der Waals surface area contributed by atoms with E-state index in [1.807, 2.05) is 6.92 Å². The molecule has 0 aromatic heterocycles. The Kier molecular flexibility index (Phi) is 16.8. The number of phenolic OH excluding ortho intramolecular Hbond substituents is 2. The van der Waals surface area contributed by atoms with Gasteiger partial charge in [0.25, 0.3) is 11.8 Å². The van der Waals surface area contributed by atoms with Crippen molar-refractivity contribution < 1.29 is 77.4 Å². The molecule has 4 heterocycles. The third-order valence-corrected chi connectivity index (χ3v) is 13.5. The van der Waals surface area contributed by atoms with E-state index in [4.69, 9.17) is 18.9 Å². The fourth-order valence-corrected chi connectivity index (χ4v) is 9.64. The minimum Gasteiger partial charge on any atom is -0.507 e. The van der Waals surface area contributed by atoms with Crippen LogP contribution in [0.15, 0.2) is 30.4 Å². The van der Waals surface area contributed by atoms with Crippen molar-refractivity contribution in [1.82, 2.24) is 36.0 Å². The van der Waals surface area contributed by atoms with Crippen LogP contribution >= 0.6 is 0 Å². The number of aliphatic hydroxyl groups excluding tert-OH is 1. The van der Waals surface area contributed by atoms with Crippen molar-refractivity contribution in [3.8, 4) is 17.2 Å². The van der Waals surface area contributed by atoms with E-state index in [9.17, 15) is 58.5 Å². The highest BCUT2D eigenvalue weighted by atomic mass is 16.7. The number of hydrogen-bond acceptors (Lipinski definition) is 17. The molecule has 0 saturated carbocycles. The smallest absolute Gasteiger partial charge is 0.253 e. The number of carbonyl (C=O) groups excluding carboxylic acids is 9. The molecule has 382 valence electrons. The number of rotatable bonds is 15. The molecule has 2 aromatic carbocycles. The number of hydrogen-bond donors (Lipinski definition) is 7.